The van der Waals surface area contributed by atoms with Crippen molar-refractivity contribution in [3.05, 3.63) is 33.8 Å². The van der Waals surface area contributed by atoms with Crippen molar-refractivity contribution in [1.82, 2.24) is 4.98 Å². The highest BCUT2D eigenvalue weighted by molar-refractivity contribution is 7.84. The van der Waals surface area contributed by atoms with Gasteiger partial charge in [-0.3, -0.25) is 4.21 Å². The van der Waals surface area contributed by atoms with Gasteiger partial charge in [-0.2, -0.15) is 0 Å². The van der Waals surface area contributed by atoms with Crippen molar-refractivity contribution in [2.45, 2.75) is 24.5 Å². The minimum absolute atomic E-state index is 0.474. The largest absolute Gasteiger partial charge is 0.493 e. The van der Waals surface area contributed by atoms with Crippen LogP contribution in [0.25, 0.3) is 0 Å². The van der Waals surface area contributed by atoms with Crippen LogP contribution < -0.4 is 9.47 Å². The van der Waals surface area contributed by atoms with Crippen LogP contribution >= 0.6 is 11.3 Å². The van der Waals surface area contributed by atoms with E-state index in [1.54, 1.807) is 37.8 Å². The fourth-order valence-corrected chi connectivity index (χ4v) is 4.18. The van der Waals surface area contributed by atoms with E-state index in [9.17, 15) is 4.21 Å². The van der Waals surface area contributed by atoms with Gasteiger partial charge in [0, 0.05) is 22.0 Å². The molecule has 1 atom stereocenters. The Balaban J connectivity index is 2.29. The summed E-state index contributed by atoms with van der Waals surface area (Å²) in [5.41, 5.74) is 0.933. The number of aromatic nitrogens is 1. The second-order valence-electron chi connectivity index (χ2n) is 4.31. The number of benzene rings is 1. The minimum Gasteiger partial charge on any atom is -0.493 e. The molecular formula is C14H17NO3S2. The van der Waals surface area contributed by atoms with E-state index in [1.165, 1.54) is 0 Å². The Bertz CT molecular complexity index is 637. The molecule has 0 aliphatic carbocycles. The Kier molecular flexibility index (Phi) is 4.77. The monoisotopic (exact) mass is 311 g/mol. The van der Waals surface area contributed by atoms with Gasteiger partial charge in [0.2, 0.25) is 0 Å². The van der Waals surface area contributed by atoms with Gasteiger partial charge in [0.05, 0.1) is 35.8 Å². The van der Waals surface area contributed by atoms with E-state index in [-0.39, 0.29) is 0 Å². The highest BCUT2D eigenvalue weighted by Gasteiger charge is 2.14. The Labute approximate surface area is 125 Å². The maximum absolute atomic E-state index is 12.5. The first-order valence-electron chi connectivity index (χ1n) is 6.07. The van der Waals surface area contributed by atoms with Crippen LogP contribution in [0.15, 0.2) is 23.2 Å². The number of ether oxygens (including phenoxy) is 2. The Hall–Kier alpha value is -1.40. The molecule has 0 unspecified atom stereocenters. The smallest absolute Gasteiger partial charge is 0.161 e. The average Bonchev–Trinajstić information content (AvgIpc) is 2.83. The molecule has 2 rings (SSSR count). The van der Waals surface area contributed by atoms with E-state index in [2.05, 4.69) is 4.98 Å². The molecule has 0 saturated carbocycles. The number of thiazole rings is 1. The van der Waals surface area contributed by atoms with E-state index >= 15 is 0 Å². The van der Waals surface area contributed by atoms with Crippen LogP contribution in [0.1, 0.15) is 15.4 Å². The van der Waals surface area contributed by atoms with Gasteiger partial charge >= 0.3 is 0 Å². The average molecular weight is 311 g/mol. The van der Waals surface area contributed by atoms with Crippen LogP contribution in [0.5, 0.6) is 11.5 Å². The van der Waals surface area contributed by atoms with Gasteiger partial charge in [-0.25, -0.2) is 4.98 Å². The molecule has 0 saturated heterocycles. The van der Waals surface area contributed by atoms with Crippen molar-refractivity contribution in [3.63, 3.8) is 0 Å². The first-order chi connectivity index (χ1) is 9.55. The summed E-state index contributed by atoms with van der Waals surface area (Å²) in [5, 5.41) is 0.987. The standard InChI is InChI=1S/C14H17NO3S2/c1-9-5-12(17-3)13(18-4)6-14(9)20(16)8-11-7-15-10(2)19-11/h5-7H,8H2,1-4H3/t20-/m1/s1. The third kappa shape index (κ3) is 3.19. The van der Waals surface area contributed by atoms with Crippen molar-refractivity contribution >= 4 is 22.1 Å². The highest BCUT2D eigenvalue weighted by Crippen LogP contribution is 2.32. The molecule has 0 aliphatic rings. The molecule has 1 aromatic heterocycles. The molecule has 0 N–H and O–H groups in total. The maximum Gasteiger partial charge on any atom is 0.161 e. The number of aryl methyl sites for hydroxylation is 2. The van der Waals surface area contributed by atoms with E-state index in [0.717, 1.165) is 20.3 Å². The second kappa shape index (κ2) is 6.37. The molecular weight excluding hydrogens is 294 g/mol. The van der Waals surface area contributed by atoms with Gasteiger partial charge in [0.1, 0.15) is 0 Å². The molecule has 2 aromatic rings. The number of rotatable bonds is 5. The second-order valence-corrected chi connectivity index (χ2v) is 7.05. The summed E-state index contributed by atoms with van der Waals surface area (Å²) in [6.45, 7) is 3.87. The number of methoxy groups -OCH3 is 2. The zero-order chi connectivity index (χ0) is 14.7. The summed E-state index contributed by atoms with van der Waals surface area (Å²) < 4.78 is 23.0. The molecule has 0 fully saturated rings. The molecule has 1 aromatic carbocycles. The van der Waals surface area contributed by atoms with E-state index in [0.29, 0.717) is 17.3 Å². The molecule has 0 bridgehead atoms. The van der Waals surface area contributed by atoms with E-state index < -0.39 is 10.8 Å². The Morgan fingerprint density at radius 3 is 2.40 bits per heavy atom. The molecule has 6 heteroatoms. The molecule has 1 heterocycles. The molecule has 108 valence electrons. The third-order valence-corrected chi connectivity index (χ3v) is 5.47. The Morgan fingerprint density at radius 2 is 1.85 bits per heavy atom. The lowest BCUT2D eigenvalue weighted by Gasteiger charge is -2.12. The van der Waals surface area contributed by atoms with Crippen molar-refractivity contribution in [1.29, 1.82) is 0 Å². The zero-order valence-electron chi connectivity index (χ0n) is 11.9. The predicted molar refractivity (Wildman–Crippen MR) is 81.2 cm³/mol. The van der Waals surface area contributed by atoms with Crippen LogP contribution in [-0.4, -0.2) is 23.4 Å². The molecule has 0 spiro atoms. The maximum atomic E-state index is 12.5. The van der Waals surface area contributed by atoms with Gasteiger partial charge in [0.25, 0.3) is 0 Å². The van der Waals surface area contributed by atoms with Crippen LogP contribution in [-0.2, 0) is 16.6 Å². The first kappa shape index (κ1) is 15.0. The summed E-state index contributed by atoms with van der Waals surface area (Å²) in [7, 11) is 2.05. The third-order valence-electron chi connectivity index (χ3n) is 2.87. The predicted octanol–water partition coefficient (Wildman–Crippen LogP) is 3.08. The molecule has 20 heavy (non-hydrogen) atoms. The number of hydrogen-bond donors (Lipinski definition) is 0. The van der Waals surface area contributed by atoms with Gasteiger partial charge in [0.15, 0.2) is 11.5 Å². The lowest BCUT2D eigenvalue weighted by atomic mass is 10.2. The quantitative estimate of drug-likeness (QED) is 0.851. The fourth-order valence-electron chi connectivity index (χ4n) is 1.89. The van der Waals surface area contributed by atoms with Gasteiger partial charge in [-0.1, -0.05) is 0 Å². The summed E-state index contributed by atoms with van der Waals surface area (Å²) in [5.74, 6) is 1.73. The summed E-state index contributed by atoms with van der Waals surface area (Å²) in [6, 6.07) is 3.64. The van der Waals surface area contributed by atoms with Crippen molar-refractivity contribution in [2.75, 3.05) is 14.2 Å². The van der Waals surface area contributed by atoms with E-state index in [4.69, 9.17) is 9.47 Å². The van der Waals surface area contributed by atoms with Crippen LogP contribution in [0, 0.1) is 13.8 Å². The summed E-state index contributed by atoms with van der Waals surface area (Å²) in [4.78, 5) is 5.98. The van der Waals surface area contributed by atoms with Crippen molar-refractivity contribution < 1.29 is 13.7 Å². The fraction of sp³-hybridized carbons (Fsp3) is 0.357. The topological polar surface area (TPSA) is 48.4 Å². The van der Waals surface area contributed by atoms with Gasteiger partial charge in [-0.05, 0) is 25.5 Å². The first-order valence-corrected chi connectivity index (χ1v) is 8.21. The summed E-state index contributed by atoms with van der Waals surface area (Å²) in [6.07, 6.45) is 1.79. The van der Waals surface area contributed by atoms with Crippen LogP contribution in [0.4, 0.5) is 0 Å². The molecule has 0 amide bonds. The lowest BCUT2D eigenvalue weighted by Crippen LogP contribution is -2.00. The highest BCUT2D eigenvalue weighted by atomic mass is 32.2. The van der Waals surface area contributed by atoms with E-state index in [1.807, 2.05) is 19.9 Å². The molecule has 0 radical (unpaired) electrons. The number of hydrogen-bond acceptors (Lipinski definition) is 5. The Morgan fingerprint density at radius 1 is 1.20 bits per heavy atom. The van der Waals surface area contributed by atoms with Gasteiger partial charge in [-0.15, -0.1) is 11.3 Å². The normalized spacial score (nSPS) is 12.2. The SMILES string of the molecule is COc1cc(C)c([S@](=O)Cc2cnc(C)s2)cc1OC. The molecule has 4 nitrogen and oxygen atoms in total. The minimum atomic E-state index is -1.12. The molecule has 0 aliphatic heterocycles. The van der Waals surface area contributed by atoms with Crippen molar-refractivity contribution in [2.24, 2.45) is 0 Å². The summed E-state index contributed by atoms with van der Waals surface area (Å²) >= 11 is 1.57. The van der Waals surface area contributed by atoms with Crippen molar-refractivity contribution in [3.8, 4) is 11.5 Å². The van der Waals surface area contributed by atoms with Crippen LogP contribution in [0.3, 0.4) is 0 Å². The van der Waals surface area contributed by atoms with Crippen LogP contribution in [0.2, 0.25) is 0 Å². The lowest BCUT2D eigenvalue weighted by molar-refractivity contribution is 0.353. The number of nitrogens with zero attached hydrogens (tertiary/aromatic N) is 1. The van der Waals surface area contributed by atoms with Gasteiger partial charge < -0.3 is 9.47 Å². The zero-order valence-corrected chi connectivity index (χ0v) is 13.6.